The lowest BCUT2D eigenvalue weighted by Gasteiger charge is -2.37. The first-order chi connectivity index (χ1) is 17.5. The molecule has 8 nitrogen and oxygen atoms in total. The van der Waals surface area contributed by atoms with Crippen LogP contribution in [0.5, 0.6) is 17.2 Å². The highest BCUT2D eigenvalue weighted by molar-refractivity contribution is 5.88. The van der Waals surface area contributed by atoms with Gasteiger partial charge in [0, 0.05) is 47.4 Å². The topological polar surface area (TPSA) is 81.2 Å². The summed E-state index contributed by atoms with van der Waals surface area (Å²) in [5.41, 5.74) is 3.15. The van der Waals surface area contributed by atoms with E-state index in [1.54, 1.807) is 13.3 Å². The van der Waals surface area contributed by atoms with E-state index < -0.39 is 0 Å². The lowest BCUT2D eigenvalue weighted by Crippen LogP contribution is -2.44. The Labute approximate surface area is 211 Å². The van der Waals surface area contributed by atoms with Crippen LogP contribution in [0.4, 0.5) is 5.82 Å². The predicted octanol–water partition coefficient (Wildman–Crippen LogP) is 5.14. The Bertz CT molecular complexity index is 1280. The molecule has 2 saturated heterocycles. The quantitative estimate of drug-likeness (QED) is 0.241. The summed E-state index contributed by atoms with van der Waals surface area (Å²) in [5.74, 6) is 3.49. The van der Waals surface area contributed by atoms with Crippen LogP contribution >= 0.6 is 0 Å². The van der Waals surface area contributed by atoms with Crippen molar-refractivity contribution in [2.24, 2.45) is 10.4 Å². The van der Waals surface area contributed by atoms with Gasteiger partial charge in [-0.05, 0) is 64.2 Å². The van der Waals surface area contributed by atoms with Gasteiger partial charge in [-0.3, -0.25) is 4.98 Å². The maximum absolute atomic E-state index is 6.20. The predicted molar refractivity (Wildman–Crippen MR) is 142 cm³/mol. The minimum atomic E-state index is 0.423. The fourth-order valence-electron chi connectivity index (χ4n) is 5.06. The number of aromatic nitrogens is 2. The molecule has 2 aromatic heterocycles. The lowest BCUT2D eigenvalue weighted by atomic mass is 9.85. The van der Waals surface area contributed by atoms with E-state index in [0.29, 0.717) is 29.3 Å². The van der Waals surface area contributed by atoms with Crippen molar-refractivity contribution < 1.29 is 18.9 Å². The first-order valence-corrected chi connectivity index (χ1v) is 12.4. The second-order valence-electron chi connectivity index (χ2n) is 9.82. The Morgan fingerprint density at radius 1 is 1.28 bits per heavy atom. The van der Waals surface area contributed by atoms with Gasteiger partial charge >= 0.3 is 0 Å². The summed E-state index contributed by atoms with van der Waals surface area (Å²) < 4.78 is 23.4. The highest BCUT2D eigenvalue weighted by Crippen LogP contribution is 2.38. The maximum atomic E-state index is 6.20. The third-order valence-electron chi connectivity index (χ3n) is 6.95. The van der Waals surface area contributed by atoms with Crippen LogP contribution in [0, 0.1) is 12.3 Å². The molecule has 0 radical (unpaired) electrons. The molecule has 0 aliphatic carbocycles. The van der Waals surface area contributed by atoms with Crippen LogP contribution < -0.4 is 14.2 Å². The largest absolute Gasteiger partial charge is 0.493 e. The number of H-pyrrole nitrogens is 1. The van der Waals surface area contributed by atoms with E-state index in [1.807, 2.05) is 44.2 Å². The molecule has 0 atom stereocenters. The van der Waals surface area contributed by atoms with Crippen molar-refractivity contribution in [2.75, 3.05) is 46.6 Å². The van der Waals surface area contributed by atoms with E-state index in [2.05, 4.69) is 26.6 Å². The van der Waals surface area contributed by atoms with Crippen LogP contribution in [0.15, 0.2) is 41.2 Å². The van der Waals surface area contributed by atoms with E-state index in [9.17, 15) is 0 Å². The Balaban J connectivity index is 1.26. The van der Waals surface area contributed by atoms with E-state index in [1.165, 1.54) is 6.42 Å². The first-order valence-electron chi connectivity index (χ1n) is 12.4. The molecule has 8 heteroatoms. The van der Waals surface area contributed by atoms with Crippen LogP contribution in [0.3, 0.4) is 0 Å². The van der Waals surface area contributed by atoms with Crippen molar-refractivity contribution in [1.29, 1.82) is 0 Å². The molecule has 4 heterocycles. The SMILES string of the molecule is C=Nc1[nH]c(C)cc1/C=C(\C)Oc1ccnc2cc(OCCCN3CCC4(COC4)C3)c(OC)cc12. The van der Waals surface area contributed by atoms with Gasteiger partial charge in [-0.1, -0.05) is 0 Å². The number of pyridine rings is 1. The van der Waals surface area contributed by atoms with Gasteiger partial charge in [0.15, 0.2) is 11.5 Å². The number of nitrogens with one attached hydrogen (secondary N) is 1. The number of fused-ring (bicyclic) bond motifs is 1. The summed E-state index contributed by atoms with van der Waals surface area (Å²) in [6, 6.07) is 7.71. The molecular formula is C28H34N4O4. The zero-order chi connectivity index (χ0) is 25.1. The van der Waals surface area contributed by atoms with E-state index in [0.717, 1.165) is 73.0 Å². The van der Waals surface area contributed by atoms with E-state index >= 15 is 0 Å². The molecular weight excluding hydrogens is 456 g/mol. The molecule has 2 fully saturated rings. The van der Waals surface area contributed by atoms with Gasteiger partial charge < -0.3 is 28.8 Å². The van der Waals surface area contributed by atoms with Crippen molar-refractivity contribution in [2.45, 2.75) is 26.7 Å². The van der Waals surface area contributed by atoms with Crippen LogP contribution in [0.2, 0.25) is 0 Å². The number of rotatable bonds is 10. The number of ether oxygens (including phenoxy) is 4. The molecule has 0 amide bonds. The summed E-state index contributed by atoms with van der Waals surface area (Å²) >= 11 is 0. The number of likely N-dealkylation sites (tertiary alicyclic amines) is 1. The van der Waals surface area contributed by atoms with Crippen LogP contribution in [0.25, 0.3) is 17.0 Å². The standard InChI is InChI=1S/C28H34N4O4/c1-19-12-21(27(29-3)31-19)13-20(2)36-24-6-8-30-23-15-26(25(33-4)14-22(23)24)35-11-5-9-32-10-7-28(16-32)17-34-18-28/h6,8,12-15,31H,3,5,7,9-11,16-18H2,1-2,4H3/b20-13+. The number of benzene rings is 1. The Morgan fingerprint density at radius 3 is 2.86 bits per heavy atom. The van der Waals surface area contributed by atoms with Crippen molar-refractivity contribution in [3.05, 3.63) is 47.5 Å². The molecule has 0 unspecified atom stereocenters. The second-order valence-corrected chi connectivity index (χ2v) is 9.82. The second kappa shape index (κ2) is 10.3. The summed E-state index contributed by atoms with van der Waals surface area (Å²) in [7, 11) is 1.65. The molecule has 0 saturated carbocycles. The van der Waals surface area contributed by atoms with Gasteiger partial charge in [0.1, 0.15) is 17.3 Å². The van der Waals surface area contributed by atoms with Gasteiger partial charge in [-0.15, -0.1) is 0 Å². The highest BCUT2D eigenvalue weighted by atomic mass is 16.5. The molecule has 5 rings (SSSR count). The molecule has 1 aromatic carbocycles. The number of aliphatic imine (C=N–C) groups is 1. The average Bonchev–Trinajstić information content (AvgIpc) is 3.44. The van der Waals surface area contributed by atoms with Gasteiger partial charge in [0.05, 0.1) is 32.4 Å². The van der Waals surface area contributed by atoms with Crippen molar-refractivity contribution in [3.8, 4) is 17.2 Å². The number of hydrogen-bond donors (Lipinski definition) is 1. The minimum absolute atomic E-state index is 0.423. The summed E-state index contributed by atoms with van der Waals surface area (Å²) in [6.45, 7) is 13.3. The molecule has 2 aliphatic rings. The van der Waals surface area contributed by atoms with Crippen LogP contribution in [0.1, 0.15) is 31.0 Å². The van der Waals surface area contributed by atoms with Crippen molar-refractivity contribution >= 4 is 29.5 Å². The summed E-state index contributed by atoms with van der Waals surface area (Å²) in [6.07, 6.45) is 5.88. The smallest absolute Gasteiger partial charge is 0.163 e. The number of allylic oxidation sites excluding steroid dienone is 1. The zero-order valence-electron chi connectivity index (χ0n) is 21.3. The molecule has 3 aromatic rings. The number of nitrogens with zero attached hydrogens (tertiary/aromatic N) is 3. The van der Waals surface area contributed by atoms with Gasteiger partial charge in [-0.2, -0.15) is 0 Å². The Kier molecular flexibility index (Phi) is 6.98. The molecule has 0 bridgehead atoms. The van der Waals surface area contributed by atoms with Gasteiger partial charge in [-0.25, -0.2) is 4.99 Å². The fraction of sp³-hybridized carbons (Fsp3) is 0.429. The third-order valence-corrected chi connectivity index (χ3v) is 6.95. The van der Waals surface area contributed by atoms with Crippen LogP contribution in [-0.4, -0.2) is 68.2 Å². The number of methoxy groups -OCH3 is 1. The number of hydrogen-bond acceptors (Lipinski definition) is 7. The number of aromatic amines is 1. The fourth-order valence-corrected chi connectivity index (χ4v) is 5.06. The Hall–Kier alpha value is -3.36. The zero-order valence-corrected chi connectivity index (χ0v) is 21.3. The lowest BCUT2D eigenvalue weighted by molar-refractivity contribution is -0.105. The Morgan fingerprint density at radius 2 is 2.14 bits per heavy atom. The molecule has 1 spiro atoms. The van der Waals surface area contributed by atoms with E-state index in [4.69, 9.17) is 18.9 Å². The highest BCUT2D eigenvalue weighted by Gasteiger charge is 2.43. The molecule has 2 aliphatic heterocycles. The minimum Gasteiger partial charge on any atom is -0.493 e. The molecule has 36 heavy (non-hydrogen) atoms. The monoisotopic (exact) mass is 490 g/mol. The van der Waals surface area contributed by atoms with E-state index in [-0.39, 0.29) is 0 Å². The normalized spacial score (nSPS) is 17.4. The average molecular weight is 491 g/mol. The third kappa shape index (κ3) is 5.10. The maximum Gasteiger partial charge on any atom is 0.163 e. The van der Waals surface area contributed by atoms with Crippen molar-refractivity contribution in [3.63, 3.8) is 0 Å². The summed E-state index contributed by atoms with van der Waals surface area (Å²) in [4.78, 5) is 14.3. The number of aryl methyl sites for hydroxylation is 1. The summed E-state index contributed by atoms with van der Waals surface area (Å²) in [5, 5.41) is 0.854. The first kappa shape index (κ1) is 24.3. The van der Waals surface area contributed by atoms with Crippen molar-refractivity contribution in [1.82, 2.24) is 14.9 Å². The molecule has 1 N–H and O–H groups in total. The molecule has 190 valence electrons. The van der Waals surface area contributed by atoms with Gasteiger partial charge in [0.25, 0.3) is 0 Å². The van der Waals surface area contributed by atoms with Gasteiger partial charge in [0.2, 0.25) is 0 Å². The van der Waals surface area contributed by atoms with Crippen LogP contribution in [-0.2, 0) is 4.74 Å².